The Morgan fingerprint density at radius 1 is 1.39 bits per heavy atom. The van der Waals surface area contributed by atoms with E-state index in [9.17, 15) is 4.79 Å². The molecular formula is C17H19N3O2S. The molecular weight excluding hydrogens is 310 g/mol. The molecule has 3 atom stereocenters. The van der Waals surface area contributed by atoms with Crippen molar-refractivity contribution in [1.82, 2.24) is 15.6 Å². The van der Waals surface area contributed by atoms with Gasteiger partial charge in [-0.15, -0.1) is 0 Å². The molecule has 3 unspecified atom stereocenters. The number of carbonyl (C=O) groups excluding carboxylic acids is 1. The minimum Gasteiger partial charge on any atom is -0.445 e. The van der Waals surface area contributed by atoms with Gasteiger partial charge in [-0.25, -0.2) is 4.98 Å². The summed E-state index contributed by atoms with van der Waals surface area (Å²) in [6, 6.07) is 9.02. The van der Waals surface area contributed by atoms with Crippen LogP contribution in [0.2, 0.25) is 0 Å². The Labute approximate surface area is 139 Å². The maximum absolute atomic E-state index is 12.4. The third-order valence-corrected chi connectivity index (χ3v) is 5.47. The van der Waals surface area contributed by atoms with E-state index >= 15 is 0 Å². The van der Waals surface area contributed by atoms with Gasteiger partial charge in [-0.05, 0) is 37.8 Å². The highest BCUT2D eigenvalue weighted by Crippen LogP contribution is 2.31. The number of hydrogen-bond acceptors (Lipinski definition) is 5. The number of benzene rings is 1. The first kappa shape index (κ1) is 14.7. The number of hydrogen-bond donors (Lipinski definition) is 2. The standard InChI is InChI=1S/C17H19N3O2S/c1-10-4-2-3-5-14(10)22-15-9-18-17(23-15)16(21)20-13-8-11-6-7-12(13)19-11/h2-5,9,11-13,19H,6-8H2,1H3,(H,20,21). The third-order valence-electron chi connectivity index (χ3n) is 4.60. The van der Waals surface area contributed by atoms with Gasteiger partial charge in [-0.3, -0.25) is 4.79 Å². The summed E-state index contributed by atoms with van der Waals surface area (Å²) in [6.07, 6.45) is 5.01. The van der Waals surface area contributed by atoms with Gasteiger partial charge < -0.3 is 15.4 Å². The number of thiazole rings is 1. The zero-order valence-electron chi connectivity index (χ0n) is 12.9. The fourth-order valence-corrected chi connectivity index (χ4v) is 4.09. The molecule has 5 nitrogen and oxygen atoms in total. The third kappa shape index (κ3) is 2.96. The Hall–Kier alpha value is -1.92. The molecule has 1 aromatic carbocycles. The first-order valence-corrected chi connectivity index (χ1v) is 8.77. The topological polar surface area (TPSA) is 63.2 Å². The number of nitrogens with one attached hydrogen (secondary N) is 2. The monoisotopic (exact) mass is 329 g/mol. The van der Waals surface area contributed by atoms with Crippen LogP contribution in [0.1, 0.15) is 34.6 Å². The van der Waals surface area contributed by atoms with Gasteiger partial charge >= 0.3 is 0 Å². The average Bonchev–Trinajstić information content (AvgIpc) is 3.26. The van der Waals surface area contributed by atoms with Gasteiger partial charge in [-0.2, -0.15) is 0 Å². The second kappa shape index (κ2) is 5.94. The van der Waals surface area contributed by atoms with Crippen LogP contribution in [-0.2, 0) is 0 Å². The highest BCUT2D eigenvalue weighted by atomic mass is 32.1. The number of rotatable bonds is 4. The first-order valence-electron chi connectivity index (χ1n) is 7.95. The van der Waals surface area contributed by atoms with Crippen molar-refractivity contribution in [2.24, 2.45) is 0 Å². The van der Waals surface area contributed by atoms with E-state index in [1.165, 1.54) is 17.8 Å². The summed E-state index contributed by atoms with van der Waals surface area (Å²) < 4.78 is 5.82. The summed E-state index contributed by atoms with van der Waals surface area (Å²) in [7, 11) is 0. The van der Waals surface area contributed by atoms with E-state index in [1.807, 2.05) is 31.2 Å². The van der Waals surface area contributed by atoms with E-state index in [4.69, 9.17) is 4.74 Å². The quantitative estimate of drug-likeness (QED) is 0.905. The van der Waals surface area contributed by atoms with E-state index in [0.717, 1.165) is 24.2 Å². The Morgan fingerprint density at radius 3 is 3.00 bits per heavy atom. The Morgan fingerprint density at radius 2 is 2.26 bits per heavy atom. The van der Waals surface area contributed by atoms with Gasteiger partial charge in [0.05, 0.1) is 6.20 Å². The fraction of sp³-hybridized carbons (Fsp3) is 0.412. The summed E-state index contributed by atoms with van der Waals surface area (Å²) in [6.45, 7) is 1.99. The van der Waals surface area contributed by atoms with E-state index in [1.54, 1.807) is 6.20 Å². The Bertz CT molecular complexity index is 730. The van der Waals surface area contributed by atoms with Crippen molar-refractivity contribution >= 4 is 17.2 Å². The minimum absolute atomic E-state index is 0.103. The van der Waals surface area contributed by atoms with E-state index in [0.29, 0.717) is 22.2 Å². The van der Waals surface area contributed by atoms with Gasteiger partial charge in [0.15, 0.2) is 5.01 Å². The SMILES string of the molecule is Cc1ccccc1Oc1cnc(C(=O)NC2CC3CCC2N3)s1. The molecule has 2 saturated heterocycles. The lowest BCUT2D eigenvalue weighted by molar-refractivity contribution is 0.0930. The van der Waals surface area contributed by atoms with Crippen LogP contribution in [0.5, 0.6) is 10.8 Å². The number of aryl methyl sites for hydroxylation is 1. The summed E-state index contributed by atoms with van der Waals surface area (Å²) in [5.41, 5.74) is 1.06. The van der Waals surface area contributed by atoms with Crippen LogP contribution in [0.4, 0.5) is 0 Å². The molecule has 1 aromatic heterocycles. The van der Waals surface area contributed by atoms with Crippen LogP contribution in [0.3, 0.4) is 0 Å². The predicted octanol–water partition coefficient (Wildman–Crippen LogP) is 2.87. The van der Waals surface area contributed by atoms with Crippen LogP contribution < -0.4 is 15.4 Å². The van der Waals surface area contributed by atoms with Crippen molar-refractivity contribution in [3.05, 3.63) is 41.0 Å². The molecule has 2 aromatic rings. The average molecular weight is 329 g/mol. The lowest BCUT2D eigenvalue weighted by Crippen LogP contribution is -2.42. The van der Waals surface area contributed by atoms with Gasteiger partial charge in [0.25, 0.3) is 5.91 Å². The van der Waals surface area contributed by atoms with E-state index in [-0.39, 0.29) is 11.9 Å². The van der Waals surface area contributed by atoms with Crippen LogP contribution in [0.25, 0.3) is 0 Å². The largest absolute Gasteiger partial charge is 0.445 e. The molecule has 0 radical (unpaired) electrons. The molecule has 4 rings (SSSR count). The highest BCUT2D eigenvalue weighted by molar-refractivity contribution is 7.15. The van der Waals surface area contributed by atoms with E-state index in [2.05, 4.69) is 15.6 Å². The fourth-order valence-electron chi connectivity index (χ4n) is 3.40. The molecule has 2 fully saturated rings. The van der Waals surface area contributed by atoms with Gasteiger partial charge in [-0.1, -0.05) is 29.5 Å². The lowest BCUT2D eigenvalue weighted by Gasteiger charge is -2.20. The maximum Gasteiger partial charge on any atom is 0.280 e. The van der Waals surface area contributed by atoms with Crippen LogP contribution >= 0.6 is 11.3 Å². The number of fused-ring (bicyclic) bond motifs is 2. The molecule has 2 bridgehead atoms. The van der Waals surface area contributed by atoms with E-state index < -0.39 is 0 Å². The highest BCUT2D eigenvalue weighted by Gasteiger charge is 2.39. The van der Waals surface area contributed by atoms with Crippen molar-refractivity contribution < 1.29 is 9.53 Å². The molecule has 1 amide bonds. The molecule has 0 aliphatic carbocycles. The molecule has 2 aliphatic heterocycles. The number of carbonyl (C=O) groups is 1. The number of amides is 1. The molecule has 23 heavy (non-hydrogen) atoms. The molecule has 120 valence electrons. The Balaban J connectivity index is 1.41. The van der Waals surface area contributed by atoms with Crippen molar-refractivity contribution in [1.29, 1.82) is 0 Å². The molecule has 2 aliphatic rings. The summed E-state index contributed by atoms with van der Waals surface area (Å²) >= 11 is 1.28. The van der Waals surface area contributed by atoms with Crippen molar-refractivity contribution in [3.8, 4) is 10.8 Å². The molecule has 3 heterocycles. The van der Waals surface area contributed by atoms with Crippen LogP contribution in [0.15, 0.2) is 30.5 Å². The van der Waals surface area contributed by atoms with Crippen LogP contribution in [0, 0.1) is 6.92 Å². The zero-order chi connectivity index (χ0) is 15.8. The molecule has 6 heteroatoms. The van der Waals surface area contributed by atoms with Crippen molar-refractivity contribution in [3.63, 3.8) is 0 Å². The maximum atomic E-state index is 12.4. The number of aromatic nitrogens is 1. The summed E-state index contributed by atoms with van der Waals surface area (Å²) in [5, 5.41) is 7.72. The molecule has 0 saturated carbocycles. The smallest absolute Gasteiger partial charge is 0.280 e. The zero-order valence-corrected chi connectivity index (χ0v) is 13.7. The number of ether oxygens (including phenoxy) is 1. The predicted molar refractivity (Wildman–Crippen MR) is 89.2 cm³/mol. The summed E-state index contributed by atoms with van der Waals surface area (Å²) in [4.78, 5) is 16.6. The van der Waals surface area contributed by atoms with Crippen molar-refractivity contribution in [2.45, 2.75) is 44.3 Å². The number of nitrogens with zero attached hydrogens (tertiary/aromatic N) is 1. The number of para-hydroxylation sites is 1. The lowest BCUT2D eigenvalue weighted by atomic mass is 9.95. The van der Waals surface area contributed by atoms with Gasteiger partial charge in [0.1, 0.15) is 5.75 Å². The molecule has 2 N–H and O–H groups in total. The normalized spacial score (nSPS) is 25.5. The molecule has 0 spiro atoms. The second-order valence-electron chi connectivity index (χ2n) is 6.22. The summed E-state index contributed by atoms with van der Waals surface area (Å²) in [5.74, 6) is 0.689. The van der Waals surface area contributed by atoms with Gasteiger partial charge in [0, 0.05) is 18.1 Å². The first-order chi connectivity index (χ1) is 11.2. The second-order valence-corrected chi connectivity index (χ2v) is 7.21. The van der Waals surface area contributed by atoms with Gasteiger partial charge in [0.2, 0.25) is 5.06 Å². The minimum atomic E-state index is -0.103. The van der Waals surface area contributed by atoms with Crippen molar-refractivity contribution in [2.75, 3.05) is 0 Å². The Kier molecular flexibility index (Phi) is 3.79. The van der Waals surface area contributed by atoms with Crippen LogP contribution in [-0.4, -0.2) is 29.0 Å².